The number of pyridine rings is 2. The molecule has 4 aromatic rings. The zero-order valence-corrected chi connectivity index (χ0v) is 26.8. The van der Waals surface area contributed by atoms with E-state index >= 15 is 0 Å². The van der Waals surface area contributed by atoms with Crippen molar-refractivity contribution >= 4 is 81.6 Å². The first-order valence-electron chi connectivity index (χ1n) is 9.62. The minimum Gasteiger partial charge on any atom is -0.870 e. The average molecular weight is 762 g/mol. The summed E-state index contributed by atoms with van der Waals surface area (Å²) in [7, 11) is -3.65. The Morgan fingerprint density at radius 1 is 1.00 bits per heavy atom. The van der Waals surface area contributed by atoms with Gasteiger partial charge in [-0.2, -0.15) is 0 Å². The molecule has 0 radical (unpaired) electrons. The largest absolute Gasteiger partial charge is 1.00 e. The Hall–Kier alpha value is -0.600. The van der Waals surface area contributed by atoms with Crippen LogP contribution in [0.5, 0.6) is 0 Å². The van der Waals surface area contributed by atoms with Crippen molar-refractivity contribution in [3.8, 4) is 0 Å². The van der Waals surface area contributed by atoms with Gasteiger partial charge in [-0.05, 0) is 98.1 Å². The van der Waals surface area contributed by atoms with Crippen molar-refractivity contribution < 1.29 is 44.9 Å². The van der Waals surface area contributed by atoms with Gasteiger partial charge < -0.3 is 5.48 Å². The van der Waals surface area contributed by atoms with Crippen molar-refractivity contribution in [2.45, 2.75) is 40.0 Å². The summed E-state index contributed by atoms with van der Waals surface area (Å²) >= 11 is 8.92. The van der Waals surface area contributed by atoms with Gasteiger partial charge in [0.25, 0.3) is 10.0 Å². The Labute approximate surface area is 267 Å². The molecule has 1 aliphatic rings. The van der Waals surface area contributed by atoms with Crippen LogP contribution in [0.2, 0.25) is 0 Å². The molecule has 3 heterocycles. The average Bonchev–Trinajstić information content (AvgIpc) is 3.25. The molecule has 0 saturated carbocycles. The van der Waals surface area contributed by atoms with Gasteiger partial charge in [0.1, 0.15) is 0 Å². The quantitative estimate of drug-likeness (QED) is 0.210. The number of benzene rings is 1. The Morgan fingerprint density at radius 2 is 1.58 bits per heavy atom. The fraction of sp³-hybridized carbons (Fsp3) is 0.200. The van der Waals surface area contributed by atoms with E-state index in [1.807, 2.05) is 12.3 Å². The second-order valence-electron chi connectivity index (χ2n) is 7.36. The van der Waals surface area contributed by atoms with E-state index in [0.29, 0.717) is 11.3 Å². The van der Waals surface area contributed by atoms with Crippen LogP contribution in [0.25, 0.3) is 17.1 Å². The normalized spacial score (nSPS) is 11.4. The van der Waals surface area contributed by atoms with Crippen LogP contribution in [0.1, 0.15) is 40.2 Å². The zero-order chi connectivity index (χ0) is 23.0. The van der Waals surface area contributed by atoms with E-state index in [4.69, 9.17) is 0 Å². The number of fused-ring (bicyclic) bond motifs is 2. The molecule has 36 heavy (non-hydrogen) atoms. The molecule has 190 valence electrons. The molecule has 0 atom stereocenters. The smallest absolute Gasteiger partial charge is 0.870 e. The third kappa shape index (κ3) is 7.28. The molecule has 0 spiro atoms. The summed E-state index contributed by atoms with van der Waals surface area (Å²) < 4.78 is 29.8. The number of halogens is 3. The van der Waals surface area contributed by atoms with Gasteiger partial charge in [0.2, 0.25) is 0 Å². The number of hydrogen-bond donors (Lipinski definition) is 0. The van der Waals surface area contributed by atoms with E-state index in [2.05, 4.69) is 83.5 Å². The minimum absolute atomic E-state index is 0. The van der Waals surface area contributed by atoms with Gasteiger partial charge in [0.15, 0.2) is 5.65 Å². The number of aromatic nitrogens is 3. The van der Waals surface area contributed by atoms with Gasteiger partial charge in [-0.25, -0.2) is 17.4 Å². The molecule has 1 aromatic carbocycles. The SMILES string of the molecule is C.C.CC1=Cc2cc(Br)cnc2C1.Cc1c(I)c2cc(Br)cnc2n1S(=O)(=O)c1ccccc1.[2HH].[Na+].[OH-]. The fourth-order valence-corrected chi connectivity index (χ4v) is 6.55. The maximum absolute atomic E-state index is 12.9. The molecule has 0 fully saturated rings. The Morgan fingerprint density at radius 3 is 2.22 bits per heavy atom. The van der Waals surface area contributed by atoms with Crippen LogP contribution < -0.4 is 29.6 Å². The molecule has 3 aromatic heterocycles. The third-order valence-corrected chi connectivity index (χ3v) is 9.01. The van der Waals surface area contributed by atoms with Crippen molar-refractivity contribution in [1.29, 1.82) is 0 Å². The fourth-order valence-electron chi connectivity index (χ4n) is 3.53. The summed E-state index contributed by atoms with van der Waals surface area (Å²) in [5.74, 6) is 0. The van der Waals surface area contributed by atoms with Crippen LogP contribution in [0.15, 0.2) is 74.3 Å². The van der Waals surface area contributed by atoms with Crippen LogP contribution >= 0.6 is 54.5 Å². The van der Waals surface area contributed by atoms with Crippen LogP contribution in [0.4, 0.5) is 0 Å². The van der Waals surface area contributed by atoms with Crippen molar-refractivity contribution in [2.24, 2.45) is 0 Å². The first-order valence-corrected chi connectivity index (χ1v) is 13.7. The maximum Gasteiger partial charge on any atom is 1.00 e. The molecule has 1 N–H and O–H groups in total. The van der Waals surface area contributed by atoms with Crippen LogP contribution in [-0.2, 0) is 16.4 Å². The predicted molar refractivity (Wildman–Crippen MR) is 161 cm³/mol. The summed E-state index contributed by atoms with van der Waals surface area (Å²) in [6, 6.07) is 12.4. The Kier molecular flexibility index (Phi) is 14.3. The van der Waals surface area contributed by atoms with Gasteiger partial charge in [-0.1, -0.05) is 44.7 Å². The zero-order valence-electron chi connectivity index (χ0n) is 18.6. The summed E-state index contributed by atoms with van der Waals surface area (Å²) in [5, 5.41) is 0.821. The van der Waals surface area contributed by atoms with Crippen LogP contribution in [0, 0.1) is 10.5 Å². The van der Waals surface area contributed by atoms with Crippen molar-refractivity contribution in [3.63, 3.8) is 0 Å². The molecule has 0 saturated heterocycles. The van der Waals surface area contributed by atoms with E-state index in [-0.39, 0.29) is 56.2 Å². The van der Waals surface area contributed by atoms with Gasteiger partial charge >= 0.3 is 29.6 Å². The van der Waals surface area contributed by atoms with Gasteiger partial charge in [-0.3, -0.25) is 4.98 Å². The van der Waals surface area contributed by atoms with Gasteiger partial charge in [0, 0.05) is 43.8 Å². The Bertz CT molecular complexity index is 1480. The number of hydrogen-bond acceptors (Lipinski definition) is 5. The minimum atomic E-state index is -3.65. The number of rotatable bonds is 2. The molecular weight excluding hydrogens is 732 g/mol. The van der Waals surface area contributed by atoms with Gasteiger partial charge in [-0.15, -0.1) is 0 Å². The van der Waals surface area contributed by atoms with E-state index in [1.165, 1.54) is 20.8 Å². The third-order valence-electron chi connectivity index (χ3n) is 4.98. The van der Waals surface area contributed by atoms with E-state index in [1.54, 1.807) is 43.5 Å². The monoisotopic (exact) mass is 760 g/mol. The van der Waals surface area contributed by atoms with Crippen LogP contribution in [-0.4, -0.2) is 27.8 Å². The van der Waals surface area contributed by atoms with Gasteiger partial charge in [0.05, 0.1) is 10.6 Å². The molecule has 0 unspecified atom stereocenters. The Balaban J connectivity index is 0. The number of nitrogens with zero attached hydrogens (tertiary/aromatic N) is 3. The predicted octanol–water partition coefficient (Wildman–Crippen LogP) is 5.10. The molecule has 0 bridgehead atoms. The van der Waals surface area contributed by atoms with E-state index in [0.717, 1.165) is 24.3 Å². The van der Waals surface area contributed by atoms with Crippen molar-refractivity contribution in [2.75, 3.05) is 0 Å². The molecule has 0 amide bonds. The summed E-state index contributed by atoms with van der Waals surface area (Å²) in [5.41, 5.74) is 4.97. The van der Waals surface area contributed by atoms with Crippen molar-refractivity contribution in [1.82, 2.24) is 13.9 Å². The van der Waals surface area contributed by atoms with Crippen LogP contribution in [0.3, 0.4) is 0 Å². The summed E-state index contributed by atoms with van der Waals surface area (Å²) in [6.07, 6.45) is 6.66. The second kappa shape index (κ2) is 14.5. The molecular formula is C25H29Br2IN3NaO3S. The van der Waals surface area contributed by atoms with E-state index in [9.17, 15) is 8.42 Å². The standard InChI is InChI=1S/C14H10BrIN2O2S.C9H8BrN.2CH4.Na.H2O.H2/c1-9-13(16)12-7-10(15)8-17-14(12)18(9)21(19,20)11-5-3-2-4-6-11;1-6-2-7-4-8(10)5-11-9(7)3-6;;;;;/h2-8H,1H3;2,4-5H,3H2,1H3;2*1H4;;1H2;1H/q;;;;+1;;/p-1/i;;;;;;1+1. The first kappa shape index (κ1) is 35.4. The molecule has 0 aliphatic heterocycles. The molecule has 6 nitrogen and oxygen atoms in total. The molecule has 11 heteroatoms. The second-order valence-corrected chi connectivity index (χ2v) is 12.1. The molecule has 1 aliphatic carbocycles. The maximum atomic E-state index is 12.9. The van der Waals surface area contributed by atoms with Crippen molar-refractivity contribution in [3.05, 3.63) is 89.9 Å². The summed E-state index contributed by atoms with van der Waals surface area (Å²) in [6.45, 7) is 3.92. The topological polar surface area (TPSA) is 94.8 Å². The molecule has 5 rings (SSSR count). The summed E-state index contributed by atoms with van der Waals surface area (Å²) in [4.78, 5) is 8.85. The number of allylic oxidation sites excluding steroid dienone is 1. The first-order chi connectivity index (χ1) is 15.2. The van der Waals surface area contributed by atoms with E-state index < -0.39 is 10.0 Å².